The third kappa shape index (κ3) is 4.27. The van der Waals surface area contributed by atoms with Crippen molar-refractivity contribution in [1.29, 1.82) is 0 Å². The maximum Gasteiger partial charge on any atom is 0.414 e. The predicted molar refractivity (Wildman–Crippen MR) is 99.6 cm³/mol. The summed E-state index contributed by atoms with van der Waals surface area (Å²) < 4.78 is 5.29. The van der Waals surface area contributed by atoms with Crippen molar-refractivity contribution in [2.45, 2.75) is 32.3 Å². The second-order valence-electron chi connectivity index (χ2n) is 7.06. The van der Waals surface area contributed by atoms with E-state index in [1.54, 1.807) is 0 Å². The number of hydrogen-bond donors (Lipinski definition) is 1. The molecule has 1 saturated heterocycles. The number of aryl methyl sites for hydroxylation is 1. The molecule has 8 nitrogen and oxygen atoms in total. The van der Waals surface area contributed by atoms with Gasteiger partial charge in [-0.25, -0.2) is 4.79 Å². The molecule has 2 heterocycles. The van der Waals surface area contributed by atoms with Gasteiger partial charge in [0.2, 0.25) is 11.7 Å². The first-order valence-corrected chi connectivity index (χ1v) is 8.98. The first kappa shape index (κ1) is 18.9. The van der Waals surface area contributed by atoms with Crippen LogP contribution in [-0.4, -0.2) is 61.0 Å². The molecule has 1 aromatic rings. The van der Waals surface area contributed by atoms with Gasteiger partial charge in [-0.15, -0.1) is 0 Å². The SMILES string of the molecule is CC(=O)NC[C@@H]1CN(c2cnc3c(c2)CCCC(=CN(C)C)C3=O)C(=O)O1. The second-order valence-corrected chi connectivity index (χ2v) is 7.06. The Morgan fingerprint density at radius 3 is 2.89 bits per heavy atom. The number of aromatic nitrogens is 1. The number of ketones is 1. The van der Waals surface area contributed by atoms with E-state index in [2.05, 4.69) is 10.3 Å². The number of Topliss-reactive ketones (excluding diaryl/α,β-unsaturated/α-hetero) is 1. The van der Waals surface area contributed by atoms with Gasteiger partial charge in [-0.3, -0.25) is 19.5 Å². The van der Waals surface area contributed by atoms with Crippen LogP contribution in [-0.2, 0) is 16.0 Å². The number of rotatable bonds is 4. The fraction of sp³-hybridized carbons (Fsp3) is 0.474. The zero-order valence-corrected chi connectivity index (χ0v) is 15.8. The Kier molecular flexibility index (Phi) is 5.43. The molecule has 144 valence electrons. The summed E-state index contributed by atoms with van der Waals surface area (Å²) in [7, 11) is 3.78. The highest BCUT2D eigenvalue weighted by atomic mass is 16.6. The standard InChI is InChI=1S/C19H24N4O4/c1-12(24)20-9-16-11-23(19(26)27-16)15-7-13-5-4-6-14(10-22(2)3)18(25)17(13)21-8-15/h7-8,10,16H,4-6,9,11H2,1-3H3,(H,20,24)/t16-/m1/s1. The van der Waals surface area contributed by atoms with E-state index in [9.17, 15) is 14.4 Å². The van der Waals surface area contributed by atoms with Crippen LogP contribution in [0.3, 0.4) is 0 Å². The molecule has 1 N–H and O–H groups in total. The molecule has 0 aromatic carbocycles. The van der Waals surface area contributed by atoms with Gasteiger partial charge in [-0.1, -0.05) is 0 Å². The Labute approximate surface area is 158 Å². The lowest BCUT2D eigenvalue weighted by atomic mass is 10.1. The van der Waals surface area contributed by atoms with Gasteiger partial charge in [0.1, 0.15) is 11.8 Å². The molecular formula is C19H24N4O4. The molecule has 0 saturated carbocycles. The van der Waals surface area contributed by atoms with Gasteiger partial charge in [0.15, 0.2) is 0 Å². The summed E-state index contributed by atoms with van der Waals surface area (Å²) in [4.78, 5) is 43.7. The van der Waals surface area contributed by atoms with Crippen LogP contribution in [0.4, 0.5) is 10.5 Å². The third-order valence-electron chi connectivity index (χ3n) is 4.53. The van der Waals surface area contributed by atoms with Gasteiger partial charge in [0.25, 0.3) is 0 Å². The molecule has 8 heteroatoms. The lowest BCUT2D eigenvalue weighted by Crippen LogP contribution is -2.33. The second kappa shape index (κ2) is 7.77. The molecule has 0 bridgehead atoms. The van der Waals surface area contributed by atoms with Gasteiger partial charge in [-0.2, -0.15) is 0 Å². The van der Waals surface area contributed by atoms with Crippen molar-refractivity contribution in [1.82, 2.24) is 15.2 Å². The number of allylic oxidation sites excluding steroid dienone is 1. The fourth-order valence-electron chi connectivity index (χ4n) is 3.31. The predicted octanol–water partition coefficient (Wildman–Crippen LogP) is 1.51. The van der Waals surface area contributed by atoms with Crippen molar-refractivity contribution in [2.24, 2.45) is 0 Å². The normalized spacial score (nSPS) is 20.9. The number of cyclic esters (lactones) is 1. The molecule has 3 rings (SSSR count). The Morgan fingerprint density at radius 1 is 1.41 bits per heavy atom. The van der Waals surface area contributed by atoms with E-state index in [1.807, 2.05) is 31.3 Å². The highest BCUT2D eigenvalue weighted by Gasteiger charge is 2.33. The monoisotopic (exact) mass is 372 g/mol. The molecule has 0 unspecified atom stereocenters. The summed E-state index contributed by atoms with van der Waals surface area (Å²) in [6.07, 6.45) is 4.78. The summed E-state index contributed by atoms with van der Waals surface area (Å²) in [5.74, 6) is -0.230. The molecule has 0 radical (unpaired) electrons. The number of anilines is 1. The Balaban J connectivity index is 1.80. The molecule has 1 aliphatic carbocycles. The lowest BCUT2D eigenvalue weighted by molar-refractivity contribution is -0.119. The van der Waals surface area contributed by atoms with Gasteiger partial charge in [-0.05, 0) is 30.9 Å². The number of hydrogen-bond acceptors (Lipinski definition) is 6. The van der Waals surface area contributed by atoms with E-state index in [1.165, 1.54) is 18.0 Å². The summed E-state index contributed by atoms with van der Waals surface area (Å²) >= 11 is 0. The Bertz CT molecular complexity index is 803. The van der Waals surface area contributed by atoms with E-state index < -0.39 is 12.2 Å². The minimum Gasteiger partial charge on any atom is -0.442 e. The first-order chi connectivity index (χ1) is 12.8. The highest BCUT2D eigenvalue weighted by molar-refractivity contribution is 6.08. The zero-order chi connectivity index (χ0) is 19.6. The molecule has 2 amide bonds. The van der Waals surface area contributed by atoms with Crippen LogP contribution in [0, 0.1) is 0 Å². The molecule has 2 aliphatic rings. The van der Waals surface area contributed by atoms with Crippen molar-refractivity contribution in [3.05, 3.63) is 35.3 Å². The van der Waals surface area contributed by atoms with E-state index in [-0.39, 0.29) is 18.2 Å². The molecule has 27 heavy (non-hydrogen) atoms. The summed E-state index contributed by atoms with van der Waals surface area (Å²) in [5, 5.41) is 2.65. The number of nitrogens with zero attached hydrogens (tertiary/aromatic N) is 3. The molecule has 1 atom stereocenters. The largest absolute Gasteiger partial charge is 0.442 e. The smallest absolute Gasteiger partial charge is 0.414 e. The average molecular weight is 372 g/mol. The Hall–Kier alpha value is -2.90. The minimum absolute atomic E-state index is 0.0599. The van der Waals surface area contributed by atoms with Crippen LogP contribution in [0.25, 0.3) is 0 Å². The van der Waals surface area contributed by atoms with Crippen LogP contribution in [0.15, 0.2) is 24.0 Å². The van der Waals surface area contributed by atoms with E-state index >= 15 is 0 Å². The van der Waals surface area contributed by atoms with Gasteiger partial charge in [0, 0.05) is 32.8 Å². The highest BCUT2D eigenvalue weighted by Crippen LogP contribution is 2.28. The van der Waals surface area contributed by atoms with E-state index in [0.29, 0.717) is 24.3 Å². The van der Waals surface area contributed by atoms with Crippen LogP contribution in [0.1, 0.15) is 35.8 Å². The number of fused-ring (bicyclic) bond motifs is 1. The van der Waals surface area contributed by atoms with Crippen molar-refractivity contribution >= 4 is 23.5 Å². The number of nitrogens with one attached hydrogen (secondary N) is 1. The molecule has 1 fully saturated rings. The fourth-order valence-corrected chi connectivity index (χ4v) is 3.31. The van der Waals surface area contributed by atoms with E-state index in [0.717, 1.165) is 24.0 Å². The third-order valence-corrected chi connectivity index (χ3v) is 4.53. The van der Waals surface area contributed by atoms with Gasteiger partial charge in [0.05, 0.1) is 25.0 Å². The summed E-state index contributed by atoms with van der Waals surface area (Å²) in [5.41, 5.74) is 2.65. The van der Waals surface area contributed by atoms with Crippen molar-refractivity contribution in [2.75, 3.05) is 32.1 Å². The average Bonchev–Trinajstić information content (AvgIpc) is 2.91. The number of amides is 2. The Morgan fingerprint density at radius 2 is 2.19 bits per heavy atom. The number of pyridine rings is 1. The number of carbonyl (C=O) groups excluding carboxylic acids is 3. The summed E-state index contributed by atoms with van der Waals surface area (Å²) in [6.45, 7) is 2.02. The van der Waals surface area contributed by atoms with Crippen molar-refractivity contribution in [3.8, 4) is 0 Å². The molecule has 0 spiro atoms. The molecular weight excluding hydrogens is 348 g/mol. The quantitative estimate of drug-likeness (QED) is 0.636. The number of carbonyl (C=O) groups is 3. The number of ether oxygens (including phenoxy) is 1. The lowest BCUT2D eigenvalue weighted by Gasteiger charge is -2.15. The van der Waals surface area contributed by atoms with Gasteiger partial charge < -0.3 is 15.0 Å². The first-order valence-electron chi connectivity index (χ1n) is 8.98. The van der Waals surface area contributed by atoms with Crippen LogP contribution >= 0.6 is 0 Å². The minimum atomic E-state index is -0.472. The maximum absolute atomic E-state index is 12.8. The maximum atomic E-state index is 12.8. The molecule has 1 aliphatic heterocycles. The van der Waals surface area contributed by atoms with Gasteiger partial charge >= 0.3 is 6.09 Å². The van der Waals surface area contributed by atoms with Crippen molar-refractivity contribution in [3.63, 3.8) is 0 Å². The van der Waals surface area contributed by atoms with E-state index in [4.69, 9.17) is 4.74 Å². The zero-order valence-electron chi connectivity index (χ0n) is 15.8. The van der Waals surface area contributed by atoms with Crippen LogP contribution in [0.2, 0.25) is 0 Å². The van der Waals surface area contributed by atoms with Crippen LogP contribution < -0.4 is 10.2 Å². The molecule has 1 aromatic heterocycles. The topological polar surface area (TPSA) is 91.8 Å². The van der Waals surface area contributed by atoms with Crippen molar-refractivity contribution < 1.29 is 19.1 Å². The summed E-state index contributed by atoms with van der Waals surface area (Å²) in [6, 6.07) is 1.85. The van der Waals surface area contributed by atoms with Crippen LogP contribution in [0.5, 0.6) is 0 Å².